The maximum absolute atomic E-state index is 11.7. The molecule has 0 N–H and O–H groups in total. The quantitative estimate of drug-likeness (QED) is 0.615. The molecule has 4 nitrogen and oxygen atoms in total. The molecule has 0 saturated carbocycles. The highest BCUT2D eigenvalue weighted by Gasteiger charge is 2.08. The van der Waals surface area contributed by atoms with Gasteiger partial charge in [0, 0.05) is 11.1 Å². The van der Waals surface area contributed by atoms with Crippen LogP contribution >= 0.6 is 11.6 Å². The molecule has 0 unspecified atom stereocenters. The van der Waals surface area contributed by atoms with Gasteiger partial charge in [0.15, 0.2) is 0 Å². The van der Waals surface area contributed by atoms with Crippen LogP contribution in [0, 0.1) is 22.7 Å². The third kappa shape index (κ3) is 3.93. The predicted molar refractivity (Wildman–Crippen MR) is 68.3 cm³/mol. The van der Waals surface area contributed by atoms with Crippen molar-refractivity contribution in [3.05, 3.63) is 40.9 Å². The molecule has 0 radical (unpaired) electrons. The molecule has 1 aromatic rings. The van der Waals surface area contributed by atoms with Gasteiger partial charge in [-0.3, -0.25) is 4.79 Å². The van der Waals surface area contributed by atoms with Crippen molar-refractivity contribution in [3.63, 3.8) is 0 Å². The van der Waals surface area contributed by atoms with Gasteiger partial charge in [-0.2, -0.15) is 10.5 Å². The van der Waals surface area contributed by atoms with E-state index >= 15 is 0 Å². The van der Waals surface area contributed by atoms with Crippen molar-refractivity contribution in [2.45, 2.75) is 0 Å². The van der Waals surface area contributed by atoms with Gasteiger partial charge >= 0.3 is 0 Å². The molecule has 0 saturated heterocycles. The van der Waals surface area contributed by atoms with Gasteiger partial charge in [0.25, 0.3) is 0 Å². The highest BCUT2D eigenvalue weighted by Crippen LogP contribution is 2.16. The highest BCUT2D eigenvalue weighted by atomic mass is 35.5. The molecule has 0 heterocycles. The van der Waals surface area contributed by atoms with Gasteiger partial charge < -0.3 is 4.90 Å². The second-order valence-corrected chi connectivity index (χ2v) is 3.77. The number of rotatable bonds is 4. The first-order valence-corrected chi connectivity index (χ1v) is 5.52. The highest BCUT2D eigenvalue weighted by molar-refractivity contribution is 6.32. The van der Waals surface area contributed by atoms with Crippen molar-refractivity contribution in [2.75, 3.05) is 13.1 Å². The number of carbonyl (C=O) groups is 1. The molecule has 0 aliphatic rings. The average molecular weight is 260 g/mol. The van der Waals surface area contributed by atoms with Gasteiger partial charge in [0.05, 0.1) is 12.1 Å². The van der Waals surface area contributed by atoms with Crippen molar-refractivity contribution in [1.29, 1.82) is 10.5 Å². The van der Waals surface area contributed by atoms with Crippen LogP contribution in [-0.2, 0) is 4.79 Å². The molecule has 1 amide bonds. The SMILES string of the molecule is N#CCN(CC#N)C(=O)/C=C/c1ccccc1Cl. The zero-order valence-electron chi connectivity index (χ0n) is 9.51. The van der Waals surface area contributed by atoms with E-state index in [-0.39, 0.29) is 13.1 Å². The average Bonchev–Trinajstić information content (AvgIpc) is 2.37. The molecule has 0 fully saturated rings. The summed E-state index contributed by atoms with van der Waals surface area (Å²) in [6.07, 6.45) is 2.86. The summed E-state index contributed by atoms with van der Waals surface area (Å²) < 4.78 is 0. The largest absolute Gasteiger partial charge is 0.313 e. The van der Waals surface area contributed by atoms with Crippen LogP contribution in [0.15, 0.2) is 30.3 Å². The molecule has 1 aromatic carbocycles. The van der Waals surface area contributed by atoms with E-state index in [2.05, 4.69) is 0 Å². The zero-order chi connectivity index (χ0) is 13.4. The predicted octanol–water partition coefficient (Wildman–Crippen LogP) is 2.23. The summed E-state index contributed by atoms with van der Waals surface area (Å²) in [7, 11) is 0. The monoisotopic (exact) mass is 259 g/mol. The first-order valence-electron chi connectivity index (χ1n) is 5.14. The van der Waals surface area contributed by atoms with E-state index in [1.165, 1.54) is 6.08 Å². The van der Waals surface area contributed by atoms with Crippen LogP contribution in [0.1, 0.15) is 5.56 Å². The Morgan fingerprint density at radius 1 is 1.28 bits per heavy atom. The molecule has 1 rings (SSSR count). The van der Waals surface area contributed by atoms with E-state index in [1.807, 2.05) is 12.1 Å². The van der Waals surface area contributed by atoms with Crippen LogP contribution < -0.4 is 0 Å². The molecule has 0 aromatic heterocycles. The molecule has 0 bridgehead atoms. The molecule has 90 valence electrons. The maximum atomic E-state index is 11.7. The third-order valence-electron chi connectivity index (χ3n) is 2.15. The minimum Gasteiger partial charge on any atom is -0.313 e. The lowest BCUT2D eigenvalue weighted by molar-refractivity contribution is -0.124. The van der Waals surface area contributed by atoms with Crippen LogP contribution in [0.4, 0.5) is 0 Å². The Labute approximate surface area is 110 Å². The normalized spacial score (nSPS) is 9.72. The Balaban J connectivity index is 2.78. The number of nitriles is 2. The second-order valence-electron chi connectivity index (χ2n) is 3.37. The summed E-state index contributed by atoms with van der Waals surface area (Å²) in [6, 6.07) is 10.8. The fourth-order valence-corrected chi connectivity index (χ4v) is 1.46. The van der Waals surface area contributed by atoms with E-state index in [9.17, 15) is 4.79 Å². The first kappa shape index (κ1) is 13.8. The molecule has 0 spiro atoms. The lowest BCUT2D eigenvalue weighted by atomic mass is 10.2. The van der Waals surface area contributed by atoms with E-state index in [0.717, 1.165) is 4.90 Å². The Morgan fingerprint density at radius 2 is 1.89 bits per heavy atom. The van der Waals surface area contributed by atoms with Crippen molar-refractivity contribution < 1.29 is 4.79 Å². The Bertz CT molecular complexity index is 524. The second kappa shape index (κ2) is 7.11. The van der Waals surface area contributed by atoms with Gasteiger partial charge in [-0.15, -0.1) is 0 Å². The molecule has 0 aliphatic heterocycles. The number of amides is 1. The van der Waals surface area contributed by atoms with Gasteiger partial charge in [-0.05, 0) is 17.7 Å². The molecule has 0 aliphatic carbocycles. The van der Waals surface area contributed by atoms with Crippen LogP contribution in [0.25, 0.3) is 6.08 Å². The van der Waals surface area contributed by atoms with Gasteiger partial charge in [-0.25, -0.2) is 0 Å². The molecule has 5 heteroatoms. The lowest BCUT2D eigenvalue weighted by Gasteiger charge is -2.12. The zero-order valence-corrected chi connectivity index (χ0v) is 10.3. The number of hydrogen-bond acceptors (Lipinski definition) is 3. The number of benzene rings is 1. The maximum Gasteiger partial charge on any atom is 0.248 e. The van der Waals surface area contributed by atoms with Crippen LogP contribution in [-0.4, -0.2) is 23.9 Å². The fraction of sp³-hybridized carbons (Fsp3) is 0.154. The van der Waals surface area contributed by atoms with Crippen molar-refractivity contribution in [3.8, 4) is 12.1 Å². The minimum atomic E-state index is -0.391. The number of carbonyl (C=O) groups excluding carboxylic acids is 1. The summed E-state index contributed by atoms with van der Waals surface area (Å²) in [5.41, 5.74) is 0.710. The summed E-state index contributed by atoms with van der Waals surface area (Å²) in [5.74, 6) is -0.391. The molecular weight excluding hydrogens is 250 g/mol. The fourth-order valence-electron chi connectivity index (χ4n) is 1.26. The molecule has 0 atom stereocenters. The molecule has 18 heavy (non-hydrogen) atoms. The van der Waals surface area contributed by atoms with Gasteiger partial charge in [0.2, 0.25) is 5.91 Å². The van der Waals surface area contributed by atoms with Crippen LogP contribution in [0.2, 0.25) is 5.02 Å². The summed E-state index contributed by atoms with van der Waals surface area (Å²) >= 11 is 5.93. The topological polar surface area (TPSA) is 67.9 Å². The summed E-state index contributed by atoms with van der Waals surface area (Å²) in [4.78, 5) is 12.8. The first-order chi connectivity index (χ1) is 8.69. The van der Waals surface area contributed by atoms with E-state index in [4.69, 9.17) is 22.1 Å². The molecular formula is C13H10ClN3O. The number of hydrogen-bond donors (Lipinski definition) is 0. The Morgan fingerprint density at radius 3 is 2.44 bits per heavy atom. The van der Waals surface area contributed by atoms with Crippen molar-refractivity contribution in [2.24, 2.45) is 0 Å². The standard InChI is InChI=1S/C13H10ClN3O/c14-12-4-2-1-3-11(12)5-6-13(18)17(9-7-15)10-8-16/h1-6H,9-10H2/b6-5+. The van der Waals surface area contributed by atoms with Crippen molar-refractivity contribution in [1.82, 2.24) is 4.90 Å². The van der Waals surface area contributed by atoms with E-state index < -0.39 is 5.91 Å². The lowest BCUT2D eigenvalue weighted by Crippen LogP contribution is -2.30. The summed E-state index contributed by atoms with van der Waals surface area (Å²) in [6.45, 7) is -0.224. The van der Waals surface area contributed by atoms with Crippen molar-refractivity contribution >= 4 is 23.6 Å². The van der Waals surface area contributed by atoms with Crippen LogP contribution in [0.5, 0.6) is 0 Å². The Hall–Kier alpha value is -2.30. The van der Waals surface area contributed by atoms with Gasteiger partial charge in [-0.1, -0.05) is 29.8 Å². The third-order valence-corrected chi connectivity index (χ3v) is 2.49. The van der Waals surface area contributed by atoms with Crippen LogP contribution in [0.3, 0.4) is 0 Å². The minimum absolute atomic E-state index is 0.112. The number of nitrogens with zero attached hydrogens (tertiary/aromatic N) is 3. The Kier molecular flexibility index (Phi) is 5.44. The van der Waals surface area contributed by atoms with E-state index in [0.29, 0.717) is 10.6 Å². The summed E-state index contributed by atoms with van der Waals surface area (Å²) in [5, 5.41) is 17.6. The smallest absolute Gasteiger partial charge is 0.248 e. The van der Waals surface area contributed by atoms with E-state index in [1.54, 1.807) is 30.3 Å². The number of halogens is 1. The van der Waals surface area contributed by atoms with Gasteiger partial charge in [0.1, 0.15) is 13.1 Å².